The number of aryl methyl sites for hydroxylation is 1. The molecule has 3 aromatic rings. The Bertz CT molecular complexity index is 797. The number of hydrogen-bond donors (Lipinski definition) is 0. The van der Waals surface area contributed by atoms with Crippen LogP contribution in [0.25, 0.3) is 21.5 Å². The summed E-state index contributed by atoms with van der Waals surface area (Å²) in [7, 11) is 0. The van der Waals surface area contributed by atoms with Crippen molar-refractivity contribution in [2.45, 2.75) is 6.92 Å². The zero-order valence-corrected chi connectivity index (χ0v) is 11.7. The minimum absolute atomic E-state index is 0.0347. The van der Waals surface area contributed by atoms with E-state index in [1.807, 2.05) is 0 Å². The summed E-state index contributed by atoms with van der Waals surface area (Å²) in [4.78, 5) is 0. The minimum Gasteiger partial charge on any atom is -0.0843 e. The second-order valence-corrected chi connectivity index (χ2v) is 6.92. The molecule has 3 aromatic carbocycles. The van der Waals surface area contributed by atoms with Gasteiger partial charge in [0.05, 0.1) is 0 Å². The lowest BCUT2D eigenvalue weighted by Gasteiger charge is -2.15. The van der Waals surface area contributed by atoms with Crippen LogP contribution in [0.3, 0.4) is 0 Å². The fraction of sp³-hybridized carbons (Fsp3) is 0.0625. The highest BCUT2D eigenvalue weighted by Crippen LogP contribution is 2.37. The first-order valence-electron chi connectivity index (χ1n) is 5.76. The molecule has 82 valence electrons. The lowest BCUT2D eigenvalue weighted by molar-refractivity contribution is 1.50. The molecule has 0 spiro atoms. The molecule has 0 saturated carbocycles. The molecular formula is C16H11I. The Hall–Kier alpha value is -1.22. The molecule has 0 saturated heterocycles. The van der Waals surface area contributed by atoms with Gasteiger partial charge < -0.3 is 0 Å². The largest absolute Gasteiger partial charge is 0.0843 e. The predicted octanol–water partition coefficient (Wildman–Crippen LogP) is 4.61. The van der Waals surface area contributed by atoms with Crippen LogP contribution in [-0.4, -0.2) is 4.01 Å². The van der Waals surface area contributed by atoms with Crippen molar-refractivity contribution in [1.82, 2.24) is 0 Å². The SMILES string of the molecule is Cc1ccc2ccc3cccc4c3c2c1C=I4. The van der Waals surface area contributed by atoms with Crippen molar-refractivity contribution in [2.24, 2.45) is 0 Å². The topological polar surface area (TPSA) is 0 Å². The second kappa shape index (κ2) is 3.39. The molecule has 4 rings (SSSR count). The van der Waals surface area contributed by atoms with Crippen LogP contribution in [-0.2, 0) is 0 Å². The highest BCUT2D eigenvalue weighted by Gasteiger charge is 2.12. The van der Waals surface area contributed by atoms with Crippen LogP contribution in [0.5, 0.6) is 0 Å². The number of benzene rings is 3. The van der Waals surface area contributed by atoms with Crippen LogP contribution >= 0.6 is 20.7 Å². The van der Waals surface area contributed by atoms with Gasteiger partial charge in [0.2, 0.25) is 0 Å². The summed E-state index contributed by atoms with van der Waals surface area (Å²) in [5.74, 6) is 0. The van der Waals surface area contributed by atoms with E-state index < -0.39 is 0 Å². The van der Waals surface area contributed by atoms with Crippen LogP contribution in [0.15, 0.2) is 42.5 Å². The second-order valence-electron chi connectivity index (χ2n) is 4.52. The van der Waals surface area contributed by atoms with E-state index in [4.69, 9.17) is 0 Å². The molecule has 1 heterocycles. The summed E-state index contributed by atoms with van der Waals surface area (Å²) in [5.41, 5.74) is 2.90. The van der Waals surface area contributed by atoms with Crippen LogP contribution in [0.2, 0.25) is 0 Å². The third kappa shape index (κ3) is 1.26. The van der Waals surface area contributed by atoms with Gasteiger partial charge in [-0.15, -0.1) is 0 Å². The van der Waals surface area contributed by atoms with Gasteiger partial charge in [-0.2, -0.15) is 0 Å². The van der Waals surface area contributed by atoms with Gasteiger partial charge in [0.1, 0.15) is 0 Å². The van der Waals surface area contributed by atoms with Crippen molar-refractivity contribution in [3.8, 4) is 0 Å². The Morgan fingerprint density at radius 1 is 0.824 bits per heavy atom. The van der Waals surface area contributed by atoms with Crippen molar-refractivity contribution in [3.63, 3.8) is 0 Å². The van der Waals surface area contributed by atoms with Crippen LogP contribution < -0.4 is 0 Å². The Morgan fingerprint density at radius 2 is 1.59 bits per heavy atom. The van der Waals surface area contributed by atoms with Crippen molar-refractivity contribution < 1.29 is 0 Å². The summed E-state index contributed by atoms with van der Waals surface area (Å²) in [5, 5.41) is 5.77. The van der Waals surface area contributed by atoms with E-state index in [0.717, 1.165) is 0 Å². The molecule has 1 heteroatoms. The molecule has 0 aromatic heterocycles. The molecule has 0 nitrogen and oxygen atoms in total. The zero-order valence-electron chi connectivity index (χ0n) is 9.50. The third-order valence-electron chi connectivity index (χ3n) is 3.52. The number of rotatable bonds is 0. The fourth-order valence-electron chi connectivity index (χ4n) is 2.63. The molecule has 1 aliphatic rings. The first kappa shape index (κ1) is 9.77. The highest BCUT2D eigenvalue weighted by molar-refractivity contribution is 14.2. The first-order valence-corrected chi connectivity index (χ1v) is 8.09. The Kier molecular flexibility index (Phi) is 1.95. The first-order chi connectivity index (χ1) is 8.34. The van der Waals surface area contributed by atoms with E-state index in [9.17, 15) is 0 Å². The van der Waals surface area contributed by atoms with Gasteiger partial charge in [-0.3, -0.25) is 0 Å². The van der Waals surface area contributed by atoms with Gasteiger partial charge >= 0.3 is 0 Å². The van der Waals surface area contributed by atoms with Gasteiger partial charge in [0.15, 0.2) is 0 Å². The van der Waals surface area contributed by atoms with Crippen LogP contribution in [0, 0.1) is 10.5 Å². The summed E-state index contributed by atoms with van der Waals surface area (Å²) >= 11 is 0.0347. The quantitative estimate of drug-likeness (QED) is 0.326. The van der Waals surface area contributed by atoms with Crippen LogP contribution in [0.1, 0.15) is 11.1 Å². The van der Waals surface area contributed by atoms with Crippen molar-refractivity contribution in [1.29, 1.82) is 0 Å². The smallest absolute Gasteiger partial charge is 0.0162 e. The summed E-state index contributed by atoms with van der Waals surface area (Å²) in [6, 6.07) is 15.7. The van der Waals surface area contributed by atoms with E-state index in [1.165, 1.54) is 32.7 Å². The fourth-order valence-corrected chi connectivity index (χ4v) is 5.38. The van der Waals surface area contributed by atoms with Gasteiger partial charge in [0, 0.05) is 8.96 Å². The van der Waals surface area contributed by atoms with Crippen molar-refractivity contribution >= 4 is 46.3 Å². The van der Waals surface area contributed by atoms with E-state index >= 15 is 0 Å². The Balaban J connectivity index is 2.42. The molecule has 0 amide bonds. The monoisotopic (exact) mass is 330 g/mol. The van der Waals surface area contributed by atoms with Gasteiger partial charge in [-0.05, 0) is 44.3 Å². The van der Waals surface area contributed by atoms with E-state index in [2.05, 4.69) is 53.4 Å². The summed E-state index contributed by atoms with van der Waals surface area (Å²) < 4.78 is 4.06. The van der Waals surface area contributed by atoms with Gasteiger partial charge in [-0.1, -0.05) is 57.1 Å². The lowest BCUT2D eigenvalue weighted by Crippen LogP contribution is -1.94. The Morgan fingerprint density at radius 3 is 2.47 bits per heavy atom. The van der Waals surface area contributed by atoms with Crippen molar-refractivity contribution in [3.05, 3.63) is 57.2 Å². The number of hydrogen-bond acceptors (Lipinski definition) is 0. The maximum atomic E-state index is 2.48. The van der Waals surface area contributed by atoms with E-state index in [1.54, 1.807) is 3.57 Å². The van der Waals surface area contributed by atoms with E-state index in [0.29, 0.717) is 0 Å². The normalized spacial score (nSPS) is 13.2. The molecule has 1 aliphatic heterocycles. The molecule has 0 N–H and O–H groups in total. The predicted molar refractivity (Wildman–Crippen MR) is 84.1 cm³/mol. The third-order valence-corrected chi connectivity index (χ3v) is 6.02. The summed E-state index contributed by atoms with van der Waals surface area (Å²) in [6.45, 7) is 2.22. The standard InChI is InChI=1S/C16H11I/c1-10-5-6-12-8-7-11-3-2-4-14-16(11)15(12)13(10)9-17-14/h2-9H,1H3. The highest BCUT2D eigenvalue weighted by atomic mass is 127. The average molecular weight is 330 g/mol. The average Bonchev–Trinajstić information content (AvgIpc) is 2.38. The van der Waals surface area contributed by atoms with E-state index in [-0.39, 0.29) is 20.7 Å². The maximum Gasteiger partial charge on any atom is 0.0162 e. The molecule has 0 bridgehead atoms. The van der Waals surface area contributed by atoms with Gasteiger partial charge in [0.25, 0.3) is 0 Å². The molecule has 17 heavy (non-hydrogen) atoms. The van der Waals surface area contributed by atoms with Crippen LogP contribution in [0.4, 0.5) is 0 Å². The lowest BCUT2D eigenvalue weighted by atomic mass is 9.95. The number of halogens is 1. The molecule has 0 fully saturated rings. The Labute approximate surface area is 110 Å². The molecule has 0 unspecified atom stereocenters. The summed E-state index contributed by atoms with van der Waals surface area (Å²) in [6.07, 6.45) is 0. The zero-order chi connectivity index (χ0) is 11.4. The molecular weight excluding hydrogens is 319 g/mol. The minimum atomic E-state index is 0.0347. The molecule has 0 radical (unpaired) electrons. The molecule has 0 aliphatic carbocycles. The molecule has 0 atom stereocenters. The maximum absolute atomic E-state index is 2.48. The van der Waals surface area contributed by atoms with Crippen molar-refractivity contribution in [2.75, 3.05) is 0 Å². The van der Waals surface area contributed by atoms with Gasteiger partial charge in [-0.25, -0.2) is 0 Å².